The molecule has 0 aromatic rings. The zero-order valence-corrected chi connectivity index (χ0v) is 11.2. The van der Waals surface area contributed by atoms with Crippen LogP contribution in [0, 0.1) is 17.3 Å². The van der Waals surface area contributed by atoms with Crippen LogP contribution in [0.15, 0.2) is 11.6 Å². The Hall–Kier alpha value is -0.300. The molecule has 1 heteroatoms. The summed E-state index contributed by atoms with van der Waals surface area (Å²) in [6.07, 6.45) is 8.25. The number of fused-ring (bicyclic) bond motifs is 1. The average Bonchev–Trinajstić information content (AvgIpc) is 2.24. The molecule has 2 aliphatic carbocycles. The van der Waals surface area contributed by atoms with E-state index in [0.717, 1.165) is 18.3 Å². The van der Waals surface area contributed by atoms with E-state index in [2.05, 4.69) is 26.8 Å². The molecule has 1 nitrogen and oxygen atoms in total. The molecule has 0 unspecified atom stereocenters. The van der Waals surface area contributed by atoms with Gasteiger partial charge in [0.25, 0.3) is 0 Å². The first-order valence-electron chi connectivity index (χ1n) is 6.77. The van der Waals surface area contributed by atoms with Crippen LogP contribution in [0.1, 0.15) is 59.8 Å². The molecular formula is C15H26O. The molecule has 0 amide bonds. The van der Waals surface area contributed by atoms with Crippen molar-refractivity contribution in [2.45, 2.75) is 65.4 Å². The van der Waals surface area contributed by atoms with E-state index in [-0.39, 0.29) is 0 Å². The molecule has 16 heavy (non-hydrogen) atoms. The maximum absolute atomic E-state index is 10.2. The van der Waals surface area contributed by atoms with Gasteiger partial charge in [-0.3, -0.25) is 0 Å². The van der Waals surface area contributed by atoms with Gasteiger partial charge in [0, 0.05) is 0 Å². The number of rotatable bonds is 0. The smallest absolute Gasteiger partial charge is 0.0802 e. The van der Waals surface area contributed by atoms with Gasteiger partial charge in [0.05, 0.1) is 5.60 Å². The molecule has 1 fully saturated rings. The molecule has 0 spiro atoms. The Morgan fingerprint density at radius 3 is 2.56 bits per heavy atom. The van der Waals surface area contributed by atoms with Gasteiger partial charge in [-0.2, -0.15) is 0 Å². The highest BCUT2D eigenvalue weighted by Crippen LogP contribution is 2.49. The van der Waals surface area contributed by atoms with Crippen LogP contribution in [-0.2, 0) is 0 Å². The van der Waals surface area contributed by atoms with E-state index in [0.29, 0.717) is 5.41 Å². The lowest BCUT2D eigenvalue weighted by molar-refractivity contribution is 0.0757. The quantitative estimate of drug-likeness (QED) is 0.616. The Balaban J connectivity index is 2.39. The number of hydrogen-bond acceptors (Lipinski definition) is 1. The SMILES string of the molecule is C[C@H]1CCCC(C)(C)C2=C[C@](C)(O)CC[C@@H]21. The van der Waals surface area contributed by atoms with Gasteiger partial charge in [0.1, 0.15) is 0 Å². The van der Waals surface area contributed by atoms with E-state index in [1.165, 1.54) is 31.3 Å². The first-order chi connectivity index (χ1) is 7.32. The maximum Gasteiger partial charge on any atom is 0.0802 e. The van der Waals surface area contributed by atoms with Gasteiger partial charge in [-0.15, -0.1) is 0 Å². The molecule has 2 aliphatic rings. The second-order valence-corrected chi connectivity index (χ2v) is 6.86. The largest absolute Gasteiger partial charge is 0.386 e. The highest BCUT2D eigenvalue weighted by atomic mass is 16.3. The van der Waals surface area contributed by atoms with Crippen LogP contribution < -0.4 is 0 Å². The average molecular weight is 222 g/mol. The van der Waals surface area contributed by atoms with Crippen LogP contribution in [0.5, 0.6) is 0 Å². The lowest BCUT2D eigenvalue weighted by atomic mass is 9.67. The van der Waals surface area contributed by atoms with Crippen molar-refractivity contribution in [3.8, 4) is 0 Å². The third-order valence-corrected chi connectivity index (χ3v) is 4.76. The predicted molar refractivity (Wildman–Crippen MR) is 68.2 cm³/mol. The van der Waals surface area contributed by atoms with Crippen LogP contribution in [0.3, 0.4) is 0 Å². The summed E-state index contributed by atoms with van der Waals surface area (Å²) >= 11 is 0. The van der Waals surface area contributed by atoms with Crippen molar-refractivity contribution < 1.29 is 5.11 Å². The monoisotopic (exact) mass is 222 g/mol. The van der Waals surface area contributed by atoms with Crippen molar-refractivity contribution in [2.24, 2.45) is 17.3 Å². The fourth-order valence-electron chi connectivity index (χ4n) is 3.62. The first-order valence-corrected chi connectivity index (χ1v) is 6.77. The highest BCUT2D eigenvalue weighted by molar-refractivity contribution is 5.25. The van der Waals surface area contributed by atoms with Gasteiger partial charge in [-0.05, 0) is 43.4 Å². The lowest BCUT2D eigenvalue weighted by Crippen LogP contribution is -2.34. The van der Waals surface area contributed by atoms with E-state index >= 15 is 0 Å². The Morgan fingerprint density at radius 1 is 1.19 bits per heavy atom. The van der Waals surface area contributed by atoms with Gasteiger partial charge in [-0.1, -0.05) is 45.3 Å². The maximum atomic E-state index is 10.2. The molecule has 1 N–H and O–H groups in total. The summed E-state index contributed by atoms with van der Waals surface area (Å²) < 4.78 is 0. The summed E-state index contributed by atoms with van der Waals surface area (Å²) in [4.78, 5) is 0. The van der Waals surface area contributed by atoms with Crippen LogP contribution >= 0.6 is 0 Å². The van der Waals surface area contributed by atoms with Gasteiger partial charge >= 0.3 is 0 Å². The van der Waals surface area contributed by atoms with Gasteiger partial charge < -0.3 is 5.11 Å². The summed E-state index contributed by atoms with van der Waals surface area (Å²) in [7, 11) is 0. The predicted octanol–water partition coefficient (Wildman–Crippen LogP) is 3.92. The second kappa shape index (κ2) is 3.87. The van der Waals surface area contributed by atoms with Crippen LogP contribution in [0.4, 0.5) is 0 Å². The fraction of sp³-hybridized carbons (Fsp3) is 0.867. The number of aliphatic hydroxyl groups is 1. The van der Waals surface area contributed by atoms with E-state index in [9.17, 15) is 5.11 Å². The molecule has 2 rings (SSSR count). The van der Waals surface area contributed by atoms with Crippen molar-refractivity contribution in [2.75, 3.05) is 0 Å². The molecule has 0 aromatic carbocycles. The number of allylic oxidation sites excluding steroid dienone is 1. The molecule has 3 atom stereocenters. The standard InChI is InChI=1S/C15H26O/c1-11-6-5-8-14(2,3)13-10-15(4,16)9-7-12(11)13/h10-12,16H,5-9H2,1-4H3/t11-,12+,15+/m0/s1. The Bertz CT molecular complexity index is 299. The molecule has 0 aliphatic heterocycles. The van der Waals surface area contributed by atoms with E-state index in [1.54, 1.807) is 0 Å². The van der Waals surface area contributed by atoms with Gasteiger partial charge in [0.2, 0.25) is 0 Å². The van der Waals surface area contributed by atoms with Crippen molar-refractivity contribution in [3.63, 3.8) is 0 Å². The molecule has 92 valence electrons. The van der Waals surface area contributed by atoms with Crippen molar-refractivity contribution >= 4 is 0 Å². The van der Waals surface area contributed by atoms with Gasteiger partial charge in [-0.25, -0.2) is 0 Å². The minimum Gasteiger partial charge on any atom is -0.386 e. The summed E-state index contributed by atoms with van der Waals surface area (Å²) in [5.74, 6) is 1.52. The van der Waals surface area contributed by atoms with Crippen molar-refractivity contribution in [1.29, 1.82) is 0 Å². The molecule has 0 radical (unpaired) electrons. The van der Waals surface area contributed by atoms with E-state index < -0.39 is 5.60 Å². The third-order valence-electron chi connectivity index (χ3n) is 4.76. The molecule has 0 aromatic heterocycles. The summed E-state index contributed by atoms with van der Waals surface area (Å²) in [5, 5.41) is 10.2. The molecule has 0 heterocycles. The normalized spacial score (nSPS) is 43.2. The Kier molecular flexibility index (Phi) is 2.94. The second-order valence-electron chi connectivity index (χ2n) is 6.86. The lowest BCUT2D eigenvalue weighted by Gasteiger charge is -2.40. The topological polar surface area (TPSA) is 20.2 Å². The van der Waals surface area contributed by atoms with Crippen LogP contribution in [-0.4, -0.2) is 10.7 Å². The van der Waals surface area contributed by atoms with Gasteiger partial charge in [0.15, 0.2) is 0 Å². The summed E-state index contributed by atoms with van der Waals surface area (Å²) in [5.41, 5.74) is 1.27. The first kappa shape index (κ1) is 12.2. The zero-order chi connectivity index (χ0) is 12.0. The van der Waals surface area contributed by atoms with E-state index in [4.69, 9.17) is 0 Å². The molecule has 0 saturated heterocycles. The Labute approximate surface area is 99.9 Å². The van der Waals surface area contributed by atoms with Crippen molar-refractivity contribution in [1.82, 2.24) is 0 Å². The number of hydrogen-bond donors (Lipinski definition) is 1. The minimum absolute atomic E-state index is 0.292. The Morgan fingerprint density at radius 2 is 1.88 bits per heavy atom. The fourth-order valence-corrected chi connectivity index (χ4v) is 3.62. The molecular weight excluding hydrogens is 196 g/mol. The highest BCUT2D eigenvalue weighted by Gasteiger charge is 2.40. The van der Waals surface area contributed by atoms with Crippen LogP contribution in [0.25, 0.3) is 0 Å². The summed E-state index contributed by atoms with van der Waals surface area (Å²) in [6, 6.07) is 0. The molecule has 0 bridgehead atoms. The molecule has 1 saturated carbocycles. The minimum atomic E-state index is -0.562. The van der Waals surface area contributed by atoms with E-state index in [1.807, 2.05) is 6.92 Å². The van der Waals surface area contributed by atoms with Crippen molar-refractivity contribution in [3.05, 3.63) is 11.6 Å². The third kappa shape index (κ3) is 2.20. The zero-order valence-electron chi connectivity index (χ0n) is 11.2. The summed E-state index contributed by atoms with van der Waals surface area (Å²) in [6.45, 7) is 9.05. The van der Waals surface area contributed by atoms with Crippen LogP contribution in [0.2, 0.25) is 0 Å².